The van der Waals surface area contributed by atoms with E-state index in [2.05, 4.69) is 37.9 Å². The van der Waals surface area contributed by atoms with E-state index in [-0.39, 0.29) is 0 Å². The van der Waals surface area contributed by atoms with Crippen LogP contribution in [0.1, 0.15) is 66.2 Å². The average Bonchev–Trinajstić information content (AvgIpc) is 2.55. The number of rotatable bonds is 6. The Kier molecular flexibility index (Phi) is 6.51. The lowest BCUT2D eigenvalue weighted by Crippen LogP contribution is -2.66. The lowest BCUT2D eigenvalue weighted by Gasteiger charge is -2.52. The van der Waals surface area contributed by atoms with Gasteiger partial charge in [-0.15, -0.1) is 0 Å². The van der Waals surface area contributed by atoms with Crippen molar-refractivity contribution < 1.29 is 4.74 Å². The molecule has 0 aromatic rings. The van der Waals surface area contributed by atoms with E-state index in [1.165, 1.54) is 45.1 Å². The summed E-state index contributed by atoms with van der Waals surface area (Å²) in [6.45, 7) is 13.8. The van der Waals surface area contributed by atoms with Crippen molar-refractivity contribution in [2.24, 2.45) is 5.92 Å². The molecule has 0 radical (unpaired) electrons. The van der Waals surface area contributed by atoms with Crippen molar-refractivity contribution in [2.75, 3.05) is 26.2 Å². The van der Waals surface area contributed by atoms with E-state index in [0.29, 0.717) is 17.7 Å². The molecule has 3 atom stereocenters. The van der Waals surface area contributed by atoms with Crippen molar-refractivity contribution >= 4 is 0 Å². The Morgan fingerprint density at radius 2 is 2.00 bits per heavy atom. The normalized spacial score (nSPS) is 32.0. The zero-order chi connectivity index (χ0) is 15.3. The van der Waals surface area contributed by atoms with E-state index < -0.39 is 0 Å². The molecule has 2 aliphatic heterocycles. The maximum Gasteiger partial charge on any atom is 0.0702 e. The van der Waals surface area contributed by atoms with E-state index in [1.807, 2.05) is 0 Å². The molecular formula is C18H36N2O. The van der Waals surface area contributed by atoms with Crippen LogP contribution in [0.4, 0.5) is 0 Å². The Morgan fingerprint density at radius 1 is 1.24 bits per heavy atom. The maximum atomic E-state index is 6.02. The van der Waals surface area contributed by atoms with E-state index in [9.17, 15) is 0 Å². The molecule has 21 heavy (non-hydrogen) atoms. The minimum Gasteiger partial charge on any atom is -0.377 e. The molecule has 3 heteroatoms. The highest BCUT2D eigenvalue weighted by atomic mass is 16.5. The predicted molar refractivity (Wildman–Crippen MR) is 89.7 cm³/mol. The summed E-state index contributed by atoms with van der Waals surface area (Å²) in [6.07, 6.45) is 8.04. The third kappa shape index (κ3) is 4.00. The first-order valence-electron chi connectivity index (χ1n) is 9.25. The quantitative estimate of drug-likeness (QED) is 0.812. The first-order valence-corrected chi connectivity index (χ1v) is 9.25. The van der Waals surface area contributed by atoms with Crippen LogP contribution in [-0.2, 0) is 4.74 Å². The molecule has 2 heterocycles. The molecule has 0 aromatic heterocycles. The van der Waals surface area contributed by atoms with Crippen LogP contribution in [-0.4, -0.2) is 48.8 Å². The number of ether oxygens (including phenoxy) is 1. The molecule has 0 bridgehead atoms. The van der Waals surface area contributed by atoms with Crippen molar-refractivity contribution in [1.29, 1.82) is 0 Å². The average molecular weight is 296 g/mol. The molecule has 0 aliphatic carbocycles. The smallest absolute Gasteiger partial charge is 0.0702 e. The lowest BCUT2D eigenvalue weighted by atomic mass is 9.84. The maximum absolute atomic E-state index is 6.02. The molecular weight excluding hydrogens is 260 g/mol. The zero-order valence-corrected chi connectivity index (χ0v) is 14.7. The molecule has 2 fully saturated rings. The summed E-state index contributed by atoms with van der Waals surface area (Å²) in [4.78, 5) is 2.77. The fraction of sp³-hybridized carbons (Fsp3) is 1.00. The molecule has 0 saturated carbocycles. The lowest BCUT2D eigenvalue weighted by molar-refractivity contribution is -0.0525. The Labute approximate surface area is 131 Å². The summed E-state index contributed by atoms with van der Waals surface area (Å²) in [5, 5.41) is 3.85. The molecule has 2 saturated heterocycles. The number of hydrogen-bond acceptors (Lipinski definition) is 3. The number of nitrogens with zero attached hydrogens (tertiary/aromatic N) is 1. The van der Waals surface area contributed by atoms with Gasteiger partial charge in [0, 0.05) is 37.8 Å². The standard InChI is InChI=1S/C18H36N2O/c1-5-15(4)17-13-20(12-16-10-8-9-11-21-16)18(6-2,7-3)14-19-17/h15-17,19H,5-14H2,1-4H3. The Bertz CT molecular complexity index is 296. The van der Waals surface area contributed by atoms with E-state index in [4.69, 9.17) is 4.74 Å². The van der Waals surface area contributed by atoms with Gasteiger partial charge in [0.25, 0.3) is 0 Å². The first kappa shape index (κ1) is 17.2. The Hall–Kier alpha value is -0.120. The van der Waals surface area contributed by atoms with E-state index in [0.717, 1.165) is 25.6 Å². The van der Waals surface area contributed by atoms with Gasteiger partial charge in [0.2, 0.25) is 0 Å². The summed E-state index contributed by atoms with van der Waals surface area (Å²) < 4.78 is 6.02. The molecule has 0 aromatic carbocycles. The minimum absolute atomic E-state index is 0.338. The van der Waals surface area contributed by atoms with Gasteiger partial charge in [-0.3, -0.25) is 4.90 Å². The summed E-state index contributed by atoms with van der Waals surface area (Å²) in [6, 6.07) is 0.643. The second-order valence-corrected chi connectivity index (χ2v) is 7.20. The first-order chi connectivity index (χ1) is 10.1. The summed E-state index contributed by atoms with van der Waals surface area (Å²) in [7, 11) is 0. The van der Waals surface area contributed by atoms with E-state index >= 15 is 0 Å². The van der Waals surface area contributed by atoms with Crippen molar-refractivity contribution in [3.63, 3.8) is 0 Å². The largest absolute Gasteiger partial charge is 0.377 e. The third-order valence-electron chi connectivity index (χ3n) is 6.13. The molecule has 0 spiro atoms. The van der Waals surface area contributed by atoms with Crippen molar-refractivity contribution in [3.8, 4) is 0 Å². The van der Waals surface area contributed by atoms with Gasteiger partial charge in [-0.2, -0.15) is 0 Å². The van der Waals surface area contributed by atoms with Crippen molar-refractivity contribution in [1.82, 2.24) is 10.2 Å². The van der Waals surface area contributed by atoms with E-state index in [1.54, 1.807) is 0 Å². The Morgan fingerprint density at radius 3 is 2.57 bits per heavy atom. The van der Waals surface area contributed by atoms with Crippen LogP contribution in [0.15, 0.2) is 0 Å². The molecule has 3 nitrogen and oxygen atoms in total. The molecule has 2 rings (SSSR count). The van der Waals surface area contributed by atoms with Crippen molar-refractivity contribution in [2.45, 2.75) is 83.9 Å². The number of nitrogens with one attached hydrogen (secondary N) is 1. The Balaban J connectivity index is 2.04. The van der Waals surface area contributed by atoms with Crippen LogP contribution in [0.5, 0.6) is 0 Å². The number of piperazine rings is 1. The SMILES string of the molecule is CCC(C)C1CN(CC2CCCCO2)C(CC)(CC)CN1. The third-order valence-corrected chi connectivity index (χ3v) is 6.13. The molecule has 0 amide bonds. The van der Waals surface area contributed by atoms with Gasteiger partial charge >= 0.3 is 0 Å². The second-order valence-electron chi connectivity index (χ2n) is 7.20. The van der Waals surface area contributed by atoms with Crippen LogP contribution < -0.4 is 5.32 Å². The highest BCUT2D eigenvalue weighted by Gasteiger charge is 2.40. The minimum atomic E-state index is 0.338. The van der Waals surface area contributed by atoms with Crippen LogP contribution in [0.3, 0.4) is 0 Å². The molecule has 124 valence electrons. The van der Waals surface area contributed by atoms with Gasteiger partial charge < -0.3 is 10.1 Å². The highest BCUT2D eigenvalue weighted by Crippen LogP contribution is 2.30. The topological polar surface area (TPSA) is 24.5 Å². The highest BCUT2D eigenvalue weighted by molar-refractivity contribution is 4.99. The van der Waals surface area contributed by atoms with Gasteiger partial charge in [-0.1, -0.05) is 34.1 Å². The monoisotopic (exact) mass is 296 g/mol. The fourth-order valence-corrected chi connectivity index (χ4v) is 4.01. The fourth-order valence-electron chi connectivity index (χ4n) is 4.01. The molecule has 3 unspecified atom stereocenters. The van der Waals surface area contributed by atoms with Gasteiger partial charge in [-0.25, -0.2) is 0 Å². The van der Waals surface area contributed by atoms with Crippen LogP contribution in [0, 0.1) is 5.92 Å². The van der Waals surface area contributed by atoms with Crippen molar-refractivity contribution in [3.05, 3.63) is 0 Å². The second kappa shape index (κ2) is 7.94. The number of hydrogen-bond donors (Lipinski definition) is 1. The predicted octanol–water partition coefficient (Wildman–Crippen LogP) is 3.43. The summed E-state index contributed by atoms with van der Waals surface area (Å²) in [5.41, 5.74) is 0.338. The summed E-state index contributed by atoms with van der Waals surface area (Å²) in [5.74, 6) is 0.756. The van der Waals surface area contributed by atoms with Gasteiger partial charge in [0.15, 0.2) is 0 Å². The molecule has 2 aliphatic rings. The van der Waals surface area contributed by atoms with Crippen LogP contribution in [0.25, 0.3) is 0 Å². The zero-order valence-electron chi connectivity index (χ0n) is 14.7. The van der Waals surface area contributed by atoms with Gasteiger partial charge in [-0.05, 0) is 38.0 Å². The molecule has 1 N–H and O–H groups in total. The summed E-state index contributed by atoms with van der Waals surface area (Å²) >= 11 is 0. The van der Waals surface area contributed by atoms with Gasteiger partial charge in [0.05, 0.1) is 6.10 Å². The van der Waals surface area contributed by atoms with Crippen LogP contribution in [0.2, 0.25) is 0 Å². The van der Waals surface area contributed by atoms with Crippen LogP contribution >= 0.6 is 0 Å². The van der Waals surface area contributed by atoms with Gasteiger partial charge in [0.1, 0.15) is 0 Å².